The molecule has 0 amide bonds. The first-order chi connectivity index (χ1) is 7.09. The third-order valence-corrected chi connectivity index (χ3v) is 2.62. The van der Waals surface area contributed by atoms with E-state index in [4.69, 9.17) is 0 Å². The summed E-state index contributed by atoms with van der Waals surface area (Å²) in [5, 5.41) is 14.6. The lowest BCUT2D eigenvalue weighted by molar-refractivity contribution is 0.531. The maximum absolute atomic E-state index is 10.9. The molecule has 1 rings (SSSR count). The predicted molar refractivity (Wildman–Crippen MR) is 58.7 cm³/mol. The van der Waals surface area contributed by atoms with Crippen molar-refractivity contribution in [2.24, 2.45) is 0 Å². The molecule has 1 N–H and O–H groups in total. The Hall–Kier alpha value is -0.820. The van der Waals surface area contributed by atoms with Gasteiger partial charge in [-0.15, -0.1) is 5.10 Å². The monoisotopic (exact) mass is 231 g/mol. The first kappa shape index (κ1) is 12.3. The molecule has 0 saturated heterocycles. The zero-order valence-corrected chi connectivity index (χ0v) is 10.1. The molecule has 86 valence electrons. The third kappa shape index (κ3) is 4.48. The van der Waals surface area contributed by atoms with Crippen molar-refractivity contribution in [2.75, 3.05) is 12.0 Å². The van der Waals surface area contributed by atoms with E-state index in [-0.39, 0.29) is 0 Å². The highest BCUT2D eigenvalue weighted by Crippen LogP contribution is 1.93. The van der Waals surface area contributed by atoms with Crippen LogP contribution in [0.1, 0.15) is 19.7 Å². The van der Waals surface area contributed by atoms with Crippen LogP contribution < -0.4 is 5.32 Å². The van der Waals surface area contributed by atoms with E-state index in [0.29, 0.717) is 24.9 Å². The van der Waals surface area contributed by atoms with E-state index in [1.54, 1.807) is 10.9 Å². The van der Waals surface area contributed by atoms with Crippen molar-refractivity contribution in [1.29, 1.82) is 0 Å². The lowest BCUT2D eigenvalue weighted by Gasteiger charge is -2.07. The summed E-state index contributed by atoms with van der Waals surface area (Å²) in [6, 6.07) is 0.399. The van der Waals surface area contributed by atoms with Crippen LogP contribution in [-0.4, -0.2) is 42.5 Å². The van der Waals surface area contributed by atoms with E-state index in [0.717, 1.165) is 5.82 Å². The molecule has 1 aromatic rings. The summed E-state index contributed by atoms with van der Waals surface area (Å²) in [6.07, 6.45) is 1.68. The van der Waals surface area contributed by atoms with Gasteiger partial charge >= 0.3 is 0 Å². The van der Waals surface area contributed by atoms with Gasteiger partial charge in [-0.2, -0.15) is 0 Å². The fourth-order valence-electron chi connectivity index (χ4n) is 1.03. The van der Waals surface area contributed by atoms with E-state index >= 15 is 0 Å². The van der Waals surface area contributed by atoms with Gasteiger partial charge in [-0.05, 0) is 10.4 Å². The minimum Gasteiger partial charge on any atom is -0.308 e. The molecule has 15 heavy (non-hydrogen) atoms. The van der Waals surface area contributed by atoms with Gasteiger partial charge in [0.1, 0.15) is 0 Å². The van der Waals surface area contributed by atoms with Crippen molar-refractivity contribution in [1.82, 2.24) is 25.5 Å². The topological polar surface area (TPSA) is 72.7 Å². The lowest BCUT2D eigenvalue weighted by Crippen LogP contribution is -2.24. The van der Waals surface area contributed by atoms with Gasteiger partial charge in [-0.1, -0.05) is 13.8 Å². The van der Waals surface area contributed by atoms with Crippen molar-refractivity contribution in [3.63, 3.8) is 0 Å². The summed E-state index contributed by atoms with van der Waals surface area (Å²) in [5.74, 6) is 1.37. The number of hydrogen-bond donors (Lipinski definition) is 1. The SMILES string of the molecule is CC(C)NCc1nnnn1CCS(C)=O. The second-order valence-corrected chi connectivity index (χ2v) is 5.19. The standard InChI is InChI=1S/C8H17N5OS/c1-7(2)9-6-8-10-11-12-13(8)4-5-15(3)14/h7,9H,4-6H2,1-3H3. The van der Waals surface area contributed by atoms with Crippen LogP contribution in [0.2, 0.25) is 0 Å². The van der Waals surface area contributed by atoms with E-state index in [9.17, 15) is 4.21 Å². The van der Waals surface area contributed by atoms with Crippen LogP contribution in [0.15, 0.2) is 0 Å². The summed E-state index contributed by atoms with van der Waals surface area (Å²) in [5.41, 5.74) is 0. The molecule has 1 heterocycles. The summed E-state index contributed by atoms with van der Waals surface area (Å²) in [4.78, 5) is 0. The Balaban J connectivity index is 2.49. The molecule has 0 spiro atoms. The van der Waals surface area contributed by atoms with Crippen molar-refractivity contribution >= 4 is 10.8 Å². The first-order valence-corrected chi connectivity index (χ1v) is 6.60. The van der Waals surface area contributed by atoms with Gasteiger partial charge in [0, 0.05) is 28.9 Å². The smallest absolute Gasteiger partial charge is 0.165 e. The van der Waals surface area contributed by atoms with Crippen molar-refractivity contribution in [2.45, 2.75) is 33.0 Å². The largest absolute Gasteiger partial charge is 0.308 e. The van der Waals surface area contributed by atoms with E-state index in [1.807, 2.05) is 0 Å². The molecule has 1 unspecified atom stereocenters. The van der Waals surface area contributed by atoms with Gasteiger partial charge in [-0.25, -0.2) is 4.68 Å². The highest BCUT2D eigenvalue weighted by Gasteiger charge is 2.06. The number of hydrogen-bond acceptors (Lipinski definition) is 5. The maximum atomic E-state index is 10.9. The summed E-state index contributed by atoms with van der Waals surface area (Å²) in [6.45, 7) is 5.37. The van der Waals surface area contributed by atoms with E-state index in [1.165, 1.54) is 0 Å². The van der Waals surface area contributed by atoms with Crippen LogP contribution in [-0.2, 0) is 23.9 Å². The minimum absolute atomic E-state index is 0.399. The Morgan fingerprint density at radius 1 is 1.53 bits per heavy atom. The van der Waals surface area contributed by atoms with Crippen LogP contribution in [0.3, 0.4) is 0 Å². The van der Waals surface area contributed by atoms with Crippen LogP contribution >= 0.6 is 0 Å². The Morgan fingerprint density at radius 2 is 2.27 bits per heavy atom. The van der Waals surface area contributed by atoms with Gasteiger partial charge in [0.15, 0.2) is 5.82 Å². The molecule has 0 radical (unpaired) electrons. The molecule has 0 aliphatic carbocycles. The Kier molecular flexibility index (Phi) is 4.83. The van der Waals surface area contributed by atoms with E-state index in [2.05, 4.69) is 34.7 Å². The molecule has 6 nitrogen and oxygen atoms in total. The number of aromatic nitrogens is 4. The maximum Gasteiger partial charge on any atom is 0.165 e. The molecule has 0 fully saturated rings. The molecular weight excluding hydrogens is 214 g/mol. The number of rotatable bonds is 6. The molecule has 0 saturated carbocycles. The second-order valence-electron chi connectivity index (χ2n) is 3.63. The quantitative estimate of drug-likeness (QED) is 0.718. The lowest BCUT2D eigenvalue weighted by atomic mass is 10.4. The molecule has 0 aliphatic rings. The molecule has 0 aliphatic heterocycles. The molecule has 0 aromatic carbocycles. The first-order valence-electron chi connectivity index (χ1n) is 4.88. The van der Waals surface area contributed by atoms with Gasteiger partial charge in [0.25, 0.3) is 0 Å². The number of tetrazole rings is 1. The van der Waals surface area contributed by atoms with Gasteiger partial charge in [0.2, 0.25) is 0 Å². The Bertz CT molecular complexity index is 325. The van der Waals surface area contributed by atoms with Gasteiger partial charge in [0.05, 0.1) is 13.1 Å². The average Bonchev–Trinajstić information content (AvgIpc) is 2.58. The Labute approximate surface area is 91.9 Å². The van der Waals surface area contributed by atoms with E-state index < -0.39 is 10.8 Å². The fraction of sp³-hybridized carbons (Fsp3) is 0.875. The molecule has 0 bridgehead atoms. The normalized spacial score (nSPS) is 13.3. The van der Waals surface area contributed by atoms with Crippen LogP contribution in [0.5, 0.6) is 0 Å². The highest BCUT2D eigenvalue weighted by molar-refractivity contribution is 7.84. The summed E-state index contributed by atoms with van der Waals surface area (Å²) in [7, 11) is -0.808. The van der Waals surface area contributed by atoms with Crippen molar-refractivity contribution in [3.8, 4) is 0 Å². The predicted octanol–water partition coefficient (Wildman–Crippen LogP) is -0.450. The molecular formula is C8H17N5OS. The highest BCUT2D eigenvalue weighted by atomic mass is 32.2. The van der Waals surface area contributed by atoms with Crippen LogP contribution in [0, 0.1) is 0 Å². The summed E-state index contributed by atoms with van der Waals surface area (Å²) >= 11 is 0. The molecule has 1 aromatic heterocycles. The molecule has 1 atom stereocenters. The second kappa shape index (κ2) is 5.92. The van der Waals surface area contributed by atoms with Crippen molar-refractivity contribution in [3.05, 3.63) is 5.82 Å². The van der Waals surface area contributed by atoms with Crippen LogP contribution in [0.25, 0.3) is 0 Å². The minimum atomic E-state index is -0.808. The third-order valence-electron chi connectivity index (χ3n) is 1.87. The Morgan fingerprint density at radius 3 is 2.87 bits per heavy atom. The van der Waals surface area contributed by atoms with Gasteiger partial charge < -0.3 is 5.32 Å². The van der Waals surface area contributed by atoms with Gasteiger partial charge in [-0.3, -0.25) is 4.21 Å². The summed E-state index contributed by atoms with van der Waals surface area (Å²) < 4.78 is 12.6. The molecule has 7 heteroatoms. The van der Waals surface area contributed by atoms with Crippen LogP contribution in [0.4, 0.5) is 0 Å². The zero-order chi connectivity index (χ0) is 11.3. The van der Waals surface area contributed by atoms with Crippen molar-refractivity contribution < 1.29 is 4.21 Å². The number of nitrogens with one attached hydrogen (secondary N) is 1. The zero-order valence-electron chi connectivity index (χ0n) is 9.30. The average molecular weight is 231 g/mol. The number of nitrogens with zero attached hydrogens (tertiary/aromatic N) is 4. The fourth-order valence-corrected chi connectivity index (χ4v) is 1.46. The number of aryl methyl sites for hydroxylation is 1.